The average molecular weight is 340 g/mol. The molecule has 2 amide bonds. The van der Waals surface area contributed by atoms with E-state index in [1.807, 2.05) is 19.1 Å². The fraction of sp³-hybridized carbons (Fsp3) is 0.300. The van der Waals surface area contributed by atoms with Gasteiger partial charge in [-0.05, 0) is 36.6 Å². The Bertz CT molecular complexity index is 726. The minimum Gasteiger partial charge on any atom is -0.484 e. The van der Waals surface area contributed by atoms with Gasteiger partial charge in [0.05, 0.1) is 6.04 Å². The summed E-state index contributed by atoms with van der Waals surface area (Å²) in [6, 6.07) is 15.1. The molecule has 0 unspecified atom stereocenters. The van der Waals surface area contributed by atoms with Crippen LogP contribution in [0.3, 0.4) is 0 Å². The largest absolute Gasteiger partial charge is 0.484 e. The van der Waals surface area contributed by atoms with Gasteiger partial charge in [-0.25, -0.2) is 0 Å². The molecule has 0 radical (unpaired) electrons. The standard InChI is InChI=1S/C20H24N2O3/c1-4-16-8-10-17(11-9-16)14(2)21-20(24)13-25-19-7-5-6-18(12-19)22-15(3)23/h5-12,14H,4,13H2,1-3H3,(H,21,24)(H,22,23)/t14-/m1/s1. The van der Waals surface area contributed by atoms with E-state index in [2.05, 4.69) is 29.7 Å². The summed E-state index contributed by atoms with van der Waals surface area (Å²) in [5.74, 6) is 0.177. The Morgan fingerprint density at radius 3 is 2.48 bits per heavy atom. The third kappa shape index (κ3) is 5.95. The molecule has 0 aliphatic carbocycles. The van der Waals surface area contributed by atoms with Gasteiger partial charge in [0.2, 0.25) is 5.91 Å². The number of carbonyl (C=O) groups is 2. The van der Waals surface area contributed by atoms with Crippen molar-refractivity contribution in [2.75, 3.05) is 11.9 Å². The molecular weight excluding hydrogens is 316 g/mol. The molecule has 0 aromatic heterocycles. The van der Waals surface area contributed by atoms with Crippen LogP contribution < -0.4 is 15.4 Å². The molecule has 0 fully saturated rings. The van der Waals surface area contributed by atoms with Crippen LogP contribution >= 0.6 is 0 Å². The molecule has 1 atom stereocenters. The molecule has 0 aliphatic rings. The first-order valence-electron chi connectivity index (χ1n) is 8.36. The highest BCUT2D eigenvalue weighted by Crippen LogP contribution is 2.17. The summed E-state index contributed by atoms with van der Waals surface area (Å²) < 4.78 is 5.50. The highest BCUT2D eigenvalue weighted by atomic mass is 16.5. The fourth-order valence-electron chi connectivity index (χ4n) is 2.42. The predicted octanol–water partition coefficient (Wildman–Crippen LogP) is 3.46. The molecule has 25 heavy (non-hydrogen) atoms. The van der Waals surface area contributed by atoms with Crippen molar-refractivity contribution < 1.29 is 14.3 Å². The molecule has 0 aliphatic heterocycles. The molecule has 2 aromatic carbocycles. The molecule has 5 nitrogen and oxygen atoms in total. The lowest BCUT2D eigenvalue weighted by atomic mass is 10.1. The van der Waals surface area contributed by atoms with Crippen LogP contribution in [0.5, 0.6) is 5.75 Å². The Kier molecular flexibility index (Phi) is 6.57. The van der Waals surface area contributed by atoms with Gasteiger partial charge in [-0.1, -0.05) is 37.3 Å². The first-order valence-corrected chi connectivity index (χ1v) is 8.36. The maximum absolute atomic E-state index is 12.1. The van der Waals surface area contributed by atoms with Gasteiger partial charge in [-0.3, -0.25) is 9.59 Å². The number of benzene rings is 2. The van der Waals surface area contributed by atoms with Gasteiger partial charge in [0.15, 0.2) is 6.61 Å². The summed E-state index contributed by atoms with van der Waals surface area (Å²) >= 11 is 0. The molecule has 0 saturated heterocycles. The summed E-state index contributed by atoms with van der Waals surface area (Å²) in [6.45, 7) is 5.41. The van der Waals surface area contributed by atoms with Gasteiger partial charge in [-0.2, -0.15) is 0 Å². The van der Waals surface area contributed by atoms with E-state index in [0.717, 1.165) is 12.0 Å². The number of nitrogens with one attached hydrogen (secondary N) is 2. The SMILES string of the molecule is CCc1ccc([C@@H](C)NC(=O)COc2cccc(NC(C)=O)c2)cc1. The smallest absolute Gasteiger partial charge is 0.258 e. The molecule has 2 rings (SSSR count). The highest BCUT2D eigenvalue weighted by molar-refractivity contribution is 5.88. The van der Waals surface area contributed by atoms with Crippen LogP contribution in [0.2, 0.25) is 0 Å². The molecule has 0 spiro atoms. The number of aryl methyl sites for hydroxylation is 1. The van der Waals surface area contributed by atoms with Crippen molar-refractivity contribution in [3.8, 4) is 5.75 Å². The monoisotopic (exact) mass is 340 g/mol. The van der Waals surface area contributed by atoms with E-state index in [1.54, 1.807) is 24.3 Å². The lowest BCUT2D eigenvalue weighted by Crippen LogP contribution is -2.31. The Morgan fingerprint density at radius 1 is 1.12 bits per heavy atom. The lowest BCUT2D eigenvalue weighted by molar-refractivity contribution is -0.123. The summed E-state index contributed by atoms with van der Waals surface area (Å²) in [7, 11) is 0. The number of rotatable bonds is 7. The van der Waals surface area contributed by atoms with Crippen molar-refractivity contribution in [3.05, 3.63) is 59.7 Å². The Labute approximate surface area is 148 Å². The van der Waals surface area contributed by atoms with Gasteiger partial charge < -0.3 is 15.4 Å². The van der Waals surface area contributed by atoms with Crippen LogP contribution in [-0.2, 0) is 16.0 Å². The second-order valence-electron chi connectivity index (χ2n) is 5.88. The zero-order chi connectivity index (χ0) is 18.2. The third-order valence-corrected chi connectivity index (χ3v) is 3.79. The number of amides is 2. The molecule has 132 valence electrons. The number of anilines is 1. The normalized spacial score (nSPS) is 11.5. The van der Waals surface area contributed by atoms with Crippen molar-refractivity contribution in [2.45, 2.75) is 33.2 Å². The maximum Gasteiger partial charge on any atom is 0.258 e. The van der Waals surface area contributed by atoms with Gasteiger partial charge in [-0.15, -0.1) is 0 Å². The number of hydrogen-bond acceptors (Lipinski definition) is 3. The van der Waals surface area contributed by atoms with E-state index >= 15 is 0 Å². The summed E-state index contributed by atoms with van der Waals surface area (Å²) in [4.78, 5) is 23.2. The van der Waals surface area contributed by atoms with Crippen LogP contribution in [0, 0.1) is 0 Å². The first-order chi connectivity index (χ1) is 12.0. The van der Waals surface area contributed by atoms with Crippen molar-refractivity contribution in [2.24, 2.45) is 0 Å². The van der Waals surface area contributed by atoms with Crippen molar-refractivity contribution >= 4 is 17.5 Å². The van der Waals surface area contributed by atoms with E-state index in [0.29, 0.717) is 11.4 Å². The number of ether oxygens (including phenoxy) is 1. The van der Waals surface area contributed by atoms with Crippen molar-refractivity contribution in [3.63, 3.8) is 0 Å². The molecule has 0 bridgehead atoms. The van der Waals surface area contributed by atoms with Crippen LogP contribution in [0.15, 0.2) is 48.5 Å². The predicted molar refractivity (Wildman–Crippen MR) is 98.6 cm³/mol. The van der Waals surface area contributed by atoms with E-state index < -0.39 is 0 Å². The molecule has 2 aromatic rings. The topological polar surface area (TPSA) is 67.4 Å². The third-order valence-electron chi connectivity index (χ3n) is 3.79. The molecule has 0 heterocycles. The van der Waals surface area contributed by atoms with E-state index in [9.17, 15) is 9.59 Å². The minimum absolute atomic E-state index is 0.0824. The number of carbonyl (C=O) groups excluding carboxylic acids is 2. The highest BCUT2D eigenvalue weighted by Gasteiger charge is 2.10. The molecule has 2 N–H and O–H groups in total. The molecule has 5 heteroatoms. The quantitative estimate of drug-likeness (QED) is 0.811. The molecular formula is C20H24N2O3. The summed E-state index contributed by atoms with van der Waals surface area (Å²) in [5.41, 5.74) is 2.96. The van der Waals surface area contributed by atoms with Crippen molar-refractivity contribution in [1.29, 1.82) is 0 Å². The van der Waals surface area contributed by atoms with Crippen LogP contribution in [0.25, 0.3) is 0 Å². The maximum atomic E-state index is 12.1. The lowest BCUT2D eigenvalue weighted by Gasteiger charge is -2.15. The second kappa shape index (κ2) is 8.87. The van der Waals surface area contributed by atoms with Gasteiger partial charge in [0.25, 0.3) is 5.91 Å². The summed E-state index contributed by atoms with van der Waals surface area (Å²) in [6.07, 6.45) is 0.992. The van der Waals surface area contributed by atoms with Crippen LogP contribution in [0.1, 0.15) is 37.9 Å². The van der Waals surface area contributed by atoms with Crippen LogP contribution in [-0.4, -0.2) is 18.4 Å². The first kappa shape index (κ1) is 18.5. The van der Waals surface area contributed by atoms with E-state index in [4.69, 9.17) is 4.74 Å². The van der Waals surface area contributed by atoms with Crippen LogP contribution in [0.4, 0.5) is 5.69 Å². The Morgan fingerprint density at radius 2 is 1.84 bits per heavy atom. The Balaban J connectivity index is 1.86. The van der Waals surface area contributed by atoms with Gasteiger partial charge >= 0.3 is 0 Å². The second-order valence-corrected chi connectivity index (χ2v) is 5.88. The molecule has 0 saturated carbocycles. The zero-order valence-electron chi connectivity index (χ0n) is 14.8. The minimum atomic E-state index is -0.197. The number of hydrogen-bond donors (Lipinski definition) is 2. The fourth-order valence-corrected chi connectivity index (χ4v) is 2.42. The van der Waals surface area contributed by atoms with Gasteiger partial charge in [0, 0.05) is 18.7 Å². The van der Waals surface area contributed by atoms with E-state index in [1.165, 1.54) is 12.5 Å². The summed E-state index contributed by atoms with van der Waals surface area (Å²) in [5, 5.41) is 5.59. The van der Waals surface area contributed by atoms with Gasteiger partial charge in [0.1, 0.15) is 5.75 Å². The van der Waals surface area contributed by atoms with Crippen molar-refractivity contribution in [1.82, 2.24) is 5.32 Å². The average Bonchev–Trinajstić information content (AvgIpc) is 2.60. The zero-order valence-corrected chi connectivity index (χ0v) is 14.8. The Hall–Kier alpha value is -2.82. The van der Waals surface area contributed by atoms with E-state index in [-0.39, 0.29) is 24.5 Å².